The van der Waals surface area contributed by atoms with Gasteiger partial charge in [-0.15, -0.1) is 0 Å². The molecule has 0 aliphatic heterocycles. The summed E-state index contributed by atoms with van der Waals surface area (Å²) in [5, 5.41) is 3.32. The fraction of sp³-hybridized carbons (Fsp3) is 0.750. The third kappa shape index (κ3) is 5.19. The molecular weight excluding hydrogens is 218 g/mol. The molecule has 5 nitrogen and oxygen atoms in total. The van der Waals surface area contributed by atoms with E-state index >= 15 is 0 Å². The SMILES string of the molecule is COCCOCCn1cc(C)nc1NC(C)C. The summed E-state index contributed by atoms with van der Waals surface area (Å²) in [5.74, 6) is 0.910. The Labute approximate surface area is 103 Å². The Bertz CT molecular complexity index is 324. The monoisotopic (exact) mass is 241 g/mol. The van der Waals surface area contributed by atoms with Gasteiger partial charge in [0.15, 0.2) is 0 Å². The highest BCUT2D eigenvalue weighted by atomic mass is 16.5. The lowest BCUT2D eigenvalue weighted by molar-refractivity contribution is 0.0667. The number of hydrogen-bond acceptors (Lipinski definition) is 4. The number of aromatic nitrogens is 2. The summed E-state index contributed by atoms with van der Waals surface area (Å²) in [7, 11) is 1.67. The zero-order valence-corrected chi connectivity index (χ0v) is 11.2. The van der Waals surface area contributed by atoms with Crippen molar-refractivity contribution in [3.8, 4) is 0 Å². The predicted molar refractivity (Wildman–Crippen MR) is 68.4 cm³/mol. The Morgan fingerprint density at radius 3 is 2.76 bits per heavy atom. The van der Waals surface area contributed by atoms with Gasteiger partial charge in [0.1, 0.15) is 0 Å². The van der Waals surface area contributed by atoms with Gasteiger partial charge in [-0.2, -0.15) is 0 Å². The summed E-state index contributed by atoms with van der Waals surface area (Å²) in [6.45, 7) is 8.95. The minimum absolute atomic E-state index is 0.380. The minimum Gasteiger partial charge on any atom is -0.382 e. The molecule has 0 atom stereocenters. The lowest BCUT2D eigenvalue weighted by Crippen LogP contribution is -2.16. The summed E-state index contributed by atoms with van der Waals surface area (Å²) in [5.41, 5.74) is 1.02. The Morgan fingerprint density at radius 2 is 2.12 bits per heavy atom. The molecule has 5 heteroatoms. The molecule has 98 valence electrons. The Kier molecular flexibility index (Phi) is 6.00. The molecule has 0 aliphatic carbocycles. The van der Waals surface area contributed by atoms with E-state index < -0.39 is 0 Å². The van der Waals surface area contributed by atoms with Crippen molar-refractivity contribution in [2.24, 2.45) is 0 Å². The van der Waals surface area contributed by atoms with Crippen LogP contribution in [0.15, 0.2) is 6.20 Å². The van der Waals surface area contributed by atoms with Gasteiger partial charge in [0, 0.05) is 25.9 Å². The Morgan fingerprint density at radius 1 is 1.35 bits per heavy atom. The van der Waals surface area contributed by atoms with E-state index in [1.165, 1.54) is 0 Å². The van der Waals surface area contributed by atoms with E-state index in [0.717, 1.165) is 18.2 Å². The Balaban J connectivity index is 2.40. The minimum atomic E-state index is 0.380. The van der Waals surface area contributed by atoms with Crippen LogP contribution in [-0.2, 0) is 16.0 Å². The van der Waals surface area contributed by atoms with Gasteiger partial charge in [-0.05, 0) is 20.8 Å². The first-order valence-electron chi connectivity index (χ1n) is 6.00. The maximum Gasteiger partial charge on any atom is 0.203 e. The molecule has 17 heavy (non-hydrogen) atoms. The van der Waals surface area contributed by atoms with Crippen molar-refractivity contribution in [2.75, 3.05) is 32.2 Å². The van der Waals surface area contributed by atoms with E-state index in [9.17, 15) is 0 Å². The summed E-state index contributed by atoms with van der Waals surface area (Å²) in [4.78, 5) is 4.44. The van der Waals surface area contributed by atoms with E-state index in [-0.39, 0.29) is 0 Å². The van der Waals surface area contributed by atoms with Crippen molar-refractivity contribution in [1.29, 1.82) is 0 Å². The average molecular weight is 241 g/mol. The van der Waals surface area contributed by atoms with Crippen molar-refractivity contribution in [2.45, 2.75) is 33.4 Å². The van der Waals surface area contributed by atoms with Crippen LogP contribution < -0.4 is 5.32 Å². The standard InChI is InChI=1S/C12H23N3O2/c1-10(2)13-12-14-11(3)9-15(12)5-6-17-8-7-16-4/h9-10H,5-8H2,1-4H3,(H,13,14). The lowest BCUT2D eigenvalue weighted by Gasteiger charge is -2.12. The van der Waals surface area contributed by atoms with Gasteiger partial charge in [-0.3, -0.25) is 0 Å². The van der Waals surface area contributed by atoms with Crippen LogP contribution in [0.5, 0.6) is 0 Å². The van der Waals surface area contributed by atoms with Crippen LogP contribution in [0.4, 0.5) is 5.95 Å². The van der Waals surface area contributed by atoms with Crippen LogP contribution in [0.25, 0.3) is 0 Å². The van der Waals surface area contributed by atoms with Crippen LogP contribution in [0.1, 0.15) is 19.5 Å². The highest BCUT2D eigenvalue weighted by Crippen LogP contribution is 2.09. The molecule has 1 N–H and O–H groups in total. The molecule has 0 spiro atoms. The Hall–Kier alpha value is -1.07. The summed E-state index contributed by atoms with van der Waals surface area (Å²) in [6, 6.07) is 0.380. The highest BCUT2D eigenvalue weighted by Gasteiger charge is 2.06. The van der Waals surface area contributed by atoms with Gasteiger partial charge in [0.05, 0.1) is 25.5 Å². The maximum atomic E-state index is 5.45. The molecular formula is C12H23N3O2. The number of nitrogens with zero attached hydrogens (tertiary/aromatic N) is 2. The maximum absolute atomic E-state index is 5.45. The number of hydrogen-bond donors (Lipinski definition) is 1. The quantitative estimate of drug-likeness (QED) is 0.703. The van der Waals surface area contributed by atoms with Crippen molar-refractivity contribution in [3.63, 3.8) is 0 Å². The van der Waals surface area contributed by atoms with Crippen molar-refractivity contribution < 1.29 is 9.47 Å². The van der Waals surface area contributed by atoms with Gasteiger partial charge >= 0.3 is 0 Å². The first kappa shape index (κ1) is 14.0. The van der Waals surface area contributed by atoms with Gasteiger partial charge < -0.3 is 19.4 Å². The molecule has 0 aromatic carbocycles. The molecule has 0 fully saturated rings. The van der Waals surface area contributed by atoms with Crippen molar-refractivity contribution >= 4 is 5.95 Å². The zero-order chi connectivity index (χ0) is 12.7. The number of rotatable bonds is 8. The lowest BCUT2D eigenvalue weighted by atomic mass is 10.4. The normalized spacial score (nSPS) is 11.1. The second-order valence-corrected chi connectivity index (χ2v) is 4.30. The third-order valence-corrected chi connectivity index (χ3v) is 2.22. The van der Waals surface area contributed by atoms with Gasteiger partial charge in [0.2, 0.25) is 5.95 Å². The first-order chi connectivity index (χ1) is 8.13. The van der Waals surface area contributed by atoms with Crippen molar-refractivity contribution in [3.05, 3.63) is 11.9 Å². The van der Waals surface area contributed by atoms with E-state index in [2.05, 4.69) is 28.7 Å². The molecule has 1 heterocycles. The van der Waals surface area contributed by atoms with E-state index in [1.807, 2.05) is 13.1 Å². The highest BCUT2D eigenvalue weighted by molar-refractivity contribution is 5.29. The number of methoxy groups -OCH3 is 1. The molecule has 1 aromatic heterocycles. The molecule has 0 unspecified atom stereocenters. The van der Waals surface area contributed by atoms with Crippen LogP contribution in [0.3, 0.4) is 0 Å². The average Bonchev–Trinajstić information content (AvgIpc) is 2.58. The van der Waals surface area contributed by atoms with E-state index in [0.29, 0.717) is 25.9 Å². The summed E-state index contributed by atoms with van der Waals surface area (Å²) < 4.78 is 12.4. The smallest absolute Gasteiger partial charge is 0.203 e. The van der Waals surface area contributed by atoms with E-state index in [4.69, 9.17) is 9.47 Å². The molecule has 0 bridgehead atoms. The van der Waals surface area contributed by atoms with Crippen LogP contribution >= 0.6 is 0 Å². The number of imidazole rings is 1. The second kappa shape index (κ2) is 7.29. The second-order valence-electron chi connectivity index (χ2n) is 4.30. The predicted octanol–water partition coefficient (Wildman–Crippen LogP) is 1.67. The summed E-state index contributed by atoms with van der Waals surface area (Å²) in [6.07, 6.45) is 2.03. The van der Waals surface area contributed by atoms with Crippen LogP contribution in [0, 0.1) is 6.92 Å². The largest absolute Gasteiger partial charge is 0.382 e. The topological polar surface area (TPSA) is 48.3 Å². The van der Waals surface area contributed by atoms with Crippen molar-refractivity contribution in [1.82, 2.24) is 9.55 Å². The number of aryl methyl sites for hydroxylation is 1. The van der Waals surface area contributed by atoms with Crippen LogP contribution in [0.2, 0.25) is 0 Å². The molecule has 0 saturated carbocycles. The number of ether oxygens (including phenoxy) is 2. The van der Waals surface area contributed by atoms with Gasteiger partial charge in [-0.1, -0.05) is 0 Å². The molecule has 0 saturated heterocycles. The fourth-order valence-electron chi connectivity index (χ4n) is 1.50. The van der Waals surface area contributed by atoms with Gasteiger partial charge in [-0.25, -0.2) is 4.98 Å². The zero-order valence-electron chi connectivity index (χ0n) is 11.2. The molecule has 1 rings (SSSR count). The third-order valence-electron chi connectivity index (χ3n) is 2.22. The van der Waals surface area contributed by atoms with Crippen LogP contribution in [-0.4, -0.2) is 42.5 Å². The fourth-order valence-corrected chi connectivity index (χ4v) is 1.50. The number of nitrogens with one attached hydrogen (secondary N) is 1. The molecule has 0 aliphatic rings. The molecule has 1 aromatic rings. The van der Waals surface area contributed by atoms with E-state index in [1.54, 1.807) is 7.11 Å². The van der Waals surface area contributed by atoms with Gasteiger partial charge in [0.25, 0.3) is 0 Å². The first-order valence-corrected chi connectivity index (χ1v) is 6.00. The number of anilines is 1. The summed E-state index contributed by atoms with van der Waals surface area (Å²) >= 11 is 0. The molecule has 0 amide bonds. The molecule has 0 radical (unpaired) electrons.